The molecule has 2 aromatic heterocycles. The number of aromatic nitrogens is 2. The van der Waals surface area contributed by atoms with Gasteiger partial charge >= 0.3 is 21.1 Å². The van der Waals surface area contributed by atoms with Gasteiger partial charge in [-0.1, -0.05) is 123 Å². The fourth-order valence-electron chi connectivity index (χ4n) is 6.53. The van der Waals surface area contributed by atoms with Crippen molar-refractivity contribution >= 4 is 50.5 Å². The second-order valence-electron chi connectivity index (χ2n) is 13.3. The summed E-state index contributed by atoms with van der Waals surface area (Å²) in [4.78, 5) is 4.83. The third-order valence-electron chi connectivity index (χ3n) is 9.00. The number of benzene rings is 6. The first kappa shape index (κ1) is 34.4. The molecular formula is C45H36N3OPPt. The molecule has 2 heterocycles. The predicted molar refractivity (Wildman–Crippen MR) is 209 cm³/mol. The van der Waals surface area contributed by atoms with Crippen LogP contribution in [0.15, 0.2) is 169 Å². The molecule has 0 atom stereocenters. The first-order valence-electron chi connectivity index (χ1n) is 16.8. The largest absolute Gasteiger partial charge is 2.00 e. The Hall–Kier alpha value is -5.01. The van der Waals surface area contributed by atoms with Gasteiger partial charge < -0.3 is 9.30 Å². The zero-order valence-electron chi connectivity index (χ0n) is 28.6. The maximum atomic E-state index is 6.64. The Labute approximate surface area is 314 Å². The van der Waals surface area contributed by atoms with E-state index in [0.29, 0.717) is 11.5 Å². The minimum atomic E-state index is -2.57. The molecule has 0 aliphatic carbocycles. The van der Waals surface area contributed by atoms with Gasteiger partial charge in [-0.2, -0.15) is 18.2 Å². The van der Waals surface area contributed by atoms with Crippen LogP contribution in [0.2, 0.25) is 0 Å². The Kier molecular flexibility index (Phi) is 9.66. The predicted octanol–water partition coefficient (Wildman–Crippen LogP) is 10.7. The molecule has 0 saturated heterocycles. The van der Waals surface area contributed by atoms with Crippen LogP contribution < -0.4 is 20.7 Å². The zero-order chi connectivity index (χ0) is 34.1. The third kappa shape index (κ3) is 6.63. The Bertz CT molecular complexity index is 2460. The van der Waals surface area contributed by atoms with Gasteiger partial charge in [0.05, 0.1) is 5.69 Å². The topological polar surface area (TPSA) is 39.4 Å². The van der Waals surface area contributed by atoms with Gasteiger partial charge in [0.1, 0.15) is 5.82 Å². The van der Waals surface area contributed by atoms with Gasteiger partial charge in [0.15, 0.2) is 0 Å². The van der Waals surface area contributed by atoms with E-state index in [9.17, 15) is 0 Å². The minimum Gasteiger partial charge on any atom is -0.509 e. The van der Waals surface area contributed by atoms with Crippen molar-refractivity contribution in [2.24, 2.45) is 4.74 Å². The number of nitrogens with zero attached hydrogens (tertiary/aromatic N) is 3. The number of para-hydroxylation sites is 1. The maximum absolute atomic E-state index is 6.64. The molecule has 0 spiro atoms. The third-order valence-corrected chi connectivity index (χ3v) is 12.6. The van der Waals surface area contributed by atoms with Crippen LogP contribution in [0.1, 0.15) is 26.3 Å². The summed E-state index contributed by atoms with van der Waals surface area (Å²) in [5.41, 5.74) is 4.11. The first-order valence-corrected chi connectivity index (χ1v) is 18.6. The van der Waals surface area contributed by atoms with Gasteiger partial charge in [0.25, 0.3) is 0 Å². The van der Waals surface area contributed by atoms with E-state index in [0.717, 1.165) is 49.2 Å². The van der Waals surface area contributed by atoms with E-state index in [1.807, 2.05) is 42.6 Å². The van der Waals surface area contributed by atoms with Crippen molar-refractivity contribution in [3.63, 3.8) is 0 Å². The number of pyridine rings is 1. The Morgan fingerprint density at radius 2 is 1.25 bits per heavy atom. The molecular weight excluding hydrogens is 825 g/mol. The SMILES string of the molecule is CC(C)(C)c1ccnc(-n2c3[c-]c(Oc4[c-]c(P(=Nc5ccccc5)(c5ccccc5)c5ccccc5)ccc4)ccc3c3ccccc32)c1.[Pt+2]. The standard InChI is InChI=1S/C45H36N3OP.Pt/c1-45(2,3)33-28-29-46-44(30-33)48-42-25-14-13-24-40(42)41-27-26-36(32-43(41)48)49-35-18-15-23-39(31-35)50(37-19-9-5-10-20-37,38-21-11-6-12-22-38)47-34-16-7-4-8-17-34;/h4-30H,1-3H3;/q-2;+2. The molecule has 51 heavy (non-hydrogen) atoms. The molecule has 0 saturated carbocycles. The van der Waals surface area contributed by atoms with Crippen molar-refractivity contribution < 1.29 is 25.8 Å². The quantitative estimate of drug-likeness (QED) is 0.118. The molecule has 0 unspecified atom stereocenters. The summed E-state index contributed by atoms with van der Waals surface area (Å²) < 4.78 is 14.4. The summed E-state index contributed by atoms with van der Waals surface area (Å²) in [5, 5.41) is 5.50. The number of hydrogen-bond donors (Lipinski definition) is 0. The summed E-state index contributed by atoms with van der Waals surface area (Å²) in [5.74, 6) is 2.06. The van der Waals surface area contributed by atoms with Gasteiger partial charge in [-0.15, -0.1) is 35.0 Å². The van der Waals surface area contributed by atoms with E-state index in [-0.39, 0.29) is 26.5 Å². The maximum Gasteiger partial charge on any atom is 2.00 e. The smallest absolute Gasteiger partial charge is 0.509 e. The number of ether oxygens (including phenoxy) is 1. The Morgan fingerprint density at radius 1 is 0.627 bits per heavy atom. The van der Waals surface area contributed by atoms with Crippen LogP contribution in [-0.4, -0.2) is 9.55 Å². The molecule has 0 aliphatic heterocycles. The van der Waals surface area contributed by atoms with Crippen LogP contribution in [0.5, 0.6) is 11.5 Å². The Balaban J connectivity index is 0.00000406. The van der Waals surface area contributed by atoms with E-state index in [2.05, 4.69) is 159 Å². The molecule has 6 aromatic carbocycles. The average Bonchev–Trinajstić information content (AvgIpc) is 3.48. The van der Waals surface area contributed by atoms with Gasteiger partial charge in [0, 0.05) is 30.3 Å². The molecule has 0 N–H and O–H groups in total. The van der Waals surface area contributed by atoms with Crippen LogP contribution in [0, 0.1) is 12.1 Å². The van der Waals surface area contributed by atoms with E-state index in [1.165, 1.54) is 5.56 Å². The molecule has 0 amide bonds. The number of fused-ring (bicyclic) bond motifs is 3. The summed E-state index contributed by atoms with van der Waals surface area (Å²) in [6, 6.07) is 61.6. The van der Waals surface area contributed by atoms with Crippen LogP contribution in [-0.2, 0) is 26.5 Å². The monoisotopic (exact) mass is 860 g/mol. The minimum absolute atomic E-state index is 0. The van der Waals surface area contributed by atoms with Crippen LogP contribution in [0.25, 0.3) is 27.6 Å². The van der Waals surface area contributed by atoms with Crippen molar-refractivity contribution in [1.29, 1.82) is 0 Å². The molecule has 4 nitrogen and oxygen atoms in total. The molecule has 8 aromatic rings. The van der Waals surface area contributed by atoms with Gasteiger partial charge in [-0.25, -0.2) is 4.98 Å². The fraction of sp³-hybridized carbons (Fsp3) is 0.0889. The second-order valence-corrected chi connectivity index (χ2v) is 16.3. The molecule has 0 bridgehead atoms. The Morgan fingerprint density at radius 3 is 1.94 bits per heavy atom. The average molecular weight is 861 g/mol. The van der Waals surface area contributed by atoms with Crippen LogP contribution in [0.4, 0.5) is 5.69 Å². The summed E-state index contributed by atoms with van der Waals surface area (Å²) >= 11 is 0. The van der Waals surface area contributed by atoms with Crippen molar-refractivity contribution in [2.75, 3.05) is 0 Å². The fourth-order valence-corrected chi connectivity index (χ4v) is 9.99. The second kappa shape index (κ2) is 14.3. The van der Waals surface area contributed by atoms with Crippen molar-refractivity contribution in [3.8, 4) is 17.3 Å². The van der Waals surface area contributed by atoms with Crippen molar-refractivity contribution in [3.05, 3.63) is 182 Å². The van der Waals surface area contributed by atoms with Crippen molar-refractivity contribution in [2.45, 2.75) is 26.2 Å². The number of hydrogen-bond acceptors (Lipinski definition) is 3. The molecule has 0 aliphatic rings. The van der Waals surface area contributed by atoms with E-state index in [1.54, 1.807) is 0 Å². The van der Waals surface area contributed by atoms with Crippen LogP contribution in [0.3, 0.4) is 0 Å². The van der Waals surface area contributed by atoms with Crippen molar-refractivity contribution in [1.82, 2.24) is 9.55 Å². The normalized spacial score (nSPS) is 11.7. The molecule has 8 rings (SSSR count). The zero-order valence-corrected chi connectivity index (χ0v) is 31.8. The van der Waals surface area contributed by atoms with Crippen LogP contribution >= 0.6 is 7.05 Å². The first-order chi connectivity index (χ1) is 24.4. The van der Waals surface area contributed by atoms with Gasteiger partial charge in [-0.3, -0.25) is 4.74 Å². The summed E-state index contributed by atoms with van der Waals surface area (Å²) in [6.45, 7) is 6.67. The van der Waals surface area contributed by atoms with E-state index in [4.69, 9.17) is 14.5 Å². The molecule has 6 heteroatoms. The van der Waals surface area contributed by atoms with Gasteiger partial charge in [0.2, 0.25) is 0 Å². The van der Waals surface area contributed by atoms with E-state index < -0.39 is 7.05 Å². The summed E-state index contributed by atoms with van der Waals surface area (Å²) in [6.07, 6.45) is 1.90. The summed E-state index contributed by atoms with van der Waals surface area (Å²) in [7, 11) is -2.57. The molecule has 0 radical (unpaired) electrons. The molecule has 252 valence electrons. The van der Waals surface area contributed by atoms with E-state index >= 15 is 0 Å². The number of rotatable bonds is 7. The molecule has 0 fully saturated rings. The van der Waals surface area contributed by atoms with Gasteiger partial charge in [-0.05, 0) is 57.3 Å².